The number of aromatic nitrogens is 3. The first-order valence-electron chi connectivity index (χ1n) is 10.1. The maximum Gasteiger partial charge on any atom is 0.324 e. The Kier molecular flexibility index (Phi) is 5.13. The first kappa shape index (κ1) is 19.3. The molecule has 5 rings (SSSR count). The molecule has 8 heteroatoms. The van der Waals surface area contributed by atoms with Crippen LogP contribution in [0.5, 0.6) is 0 Å². The molecule has 4 aromatic rings. The summed E-state index contributed by atoms with van der Waals surface area (Å²) < 4.78 is 0. The van der Waals surface area contributed by atoms with Gasteiger partial charge in [0.25, 0.3) is 0 Å². The Morgan fingerprint density at radius 1 is 1.19 bits per heavy atom. The summed E-state index contributed by atoms with van der Waals surface area (Å²) in [4.78, 5) is 26.8. The Morgan fingerprint density at radius 3 is 2.87 bits per heavy atom. The van der Waals surface area contributed by atoms with E-state index in [1.807, 2.05) is 55.6 Å². The van der Waals surface area contributed by atoms with Crippen molar-refractivity contribution < 1.29 is 4.79 Å². The molecular weight excluding hydrogens is 408 g/mol. The zero-order valence-corrected chi connectivity index (χ0v) is 17.9. The van der Waals surface area contributed by atoms with Crippen molar-refractivity contribution in [3.8, 4) is 10.6 Å². The lowest BCUT2D eigenvalue weighted by Gasteiger charge is -2.19. The van der Waals surface area contributed by atoms with Crippen LogP contribution in [0, 0.1) is 6.92 Å². The number of aromatic amines is 1. The lowest BCUT2D eigenvalue weighted by atomic mass is 10.1. The van der Waals surface area contributed by atoms with E-state index in [1.54, 1.807) is 6.33 Å². The van der Waals surface area contributed by atoms with Crippen molar-refractivity contribution in [2.45, 2.75) is 19.9 Å². The van der Waals surface area contributed by atoms with E-state index in [0.29, 0.717) is 0 Å². The summed E-state index contributed by atoms with van der Waals surface area (Å²) in [6.45, 7) is 3.59. The number of rotatable bonds is 5. The molecule has 0 fully saturated rings. The molecule has 0 bridgehead atoms. The number of urea groups is 1. The van der Waals surface area contributed by atoms with Gasteiger partial charge in [0.05, 0.1) is 24.3 Å². The highest BCUT2D eigenvalue weighted by Crippen LogP contribution is 2.33. The van der Waals surface area contributed by atoms with Crippen LogP contribution < -0.4 is 15.5 Å². The maximum atomic E-state index is 12.6. The third-order valence-corrected chi connectivity index (χ3v) is 6.41. The zero-order chi connectivity index (χ0) is 21.2. The lowest BCUT2D eigenvalue weighted by Crippen LogP contribution is -2.21. The number of thiazole rings is 1. The standard InChI is InChI=1S/C23H22N6OS/c1-15-21(31-22(26-15)17-5-3-2-4-6-17)28-23(30)27-18-8-7-16-9-10-29(20(16)11-18)13-19-12-24-14-25-19/h2-8,11-12,14H,9-10,13H2,1H3,(H,24,25)(H2,27,28,30). The van der Waals surface area contributed by atoms with Gasteiger partial charge in [-0.2, -0.15) is 0 Å². The molecule has 0 saturated heterocycles. The number of hydrogen-bond acceptors (Lipinski definition) is 5. The smallest absolute Gasteiger partial charge is 0.324 e. The largest absolute Gasteiger partial charge is 0.365 e. The van der Waals surface area contributed by atoms with Crippen LogP contribution in [0.1, 0.15) is 17.0 Å². The van der Waals surface area contributed by atoms with Crippen molar-refractivity contribution in [1.29, 1.82) is 0 Å². The van der Waals surface area contributed by atoms with Crippen molar-refractivity contribution in [2.24, 2.45) is 0 Å². The fourth-order valence-corrected chi connectivity index (χ4v) is 4.71. The first-order valence-corrected chi connectivity index (χ1v) is 10.9. The monoisotopic (exact) mass is 430 g/mol. The van der Waals surface area contributed by atoms with Crippen LogP contribution in [-0.2, 0) is 13.0 Å². The molecule has 3 heterocycles. The van der Waals surface area contributed by atoms with Crippen LogP contribution in [0.3, 0.4) is 0 Å². The summed E-state index contributed by atoms with van der Waals surface area (Å²) in [5.74, 6) is 0. The first-order chi connectivity index (χ1) is 15.2. The van der Waals surface area contributed by atoms with E-state index in [0.717, 1.165) is 57.8 Å². The van der Waals surface area contributed by atoms with Crippen LogP contribution in [0.25, 0.3) is 10.6 Å². The Labute approximate surface area is 184 Å². The molecule has 0 unspecified atom stereocenters. The Balaban J connectivity index is 1.28. The Hall–Kier alpha value is -3.65. The molecule has 3 N–H and O–H groups in total. The molecule has 2 aromatic carbocycles. The summed E-state index contributed by atoms with van der Waals surface area (Å²) in [5.41, 5.74) is 6.03. The molecule has 1 aliphatic rings. The average Bonchev–Trinajstić information content (AvgIpc) is 3.51. The molecule has 0 aliphatic carbocycles. The summed E-state index contributed by atoms with van der Waals surface area (Å²) >= 11 is 1.47. The number of carbonyl (C=O) groups is 1. The highest BCUT2D eigenvalue weighted by atomic mass is 32.1. The number of fused-ring (bicyclic) bond motifs is 1. The number of benzene rings is 2. The minimum absolute atomic E-state index is 0.275. The van der Waals surface area contributed by atoms with Gasteiger partial charge in [-0.1, -0.05) is 47.7 Å². The van der Waals surface area contributed by atoms with Gasteiger partial charge in [-0.25, -0.2) is 14.8 Å². The van der Waals surface area contributed by atoms with Gasteiger partial charge in [-0.15, -0.1) is 0 Å². The van der Waals surface area contributed by atoms with E-state index in [1.165, 1.54) is 16.9 Å². The molecule has 0 radical (unpaired) electrons. The summed E-state index contributed by atoms with van der Waals surface area (Å²) in [5, 5.41) is 7.54. The van der Waals surface area contributed by atoms with Crippen molar-refractivity contribution in [1.82, 2.24) is 15.0 Å². The van der Waals surface area contributed by atoms with E-state index in [-0.39, 0.29) is 6.03 Å². The second kappa shape index (κ2) is 8.23. The van der Waals surface area contributed by atoms with Gasteiger partial charge in [0.2, 0.25) is 0 Å². The minimum Gasteiger partial charge on any atom is -0.365 e. The normalized spacial score (nSPS) is 12.6. The fourth-order valence-electron chi connectivity index (χ4n) is 3.74. The van der Waals surface area contributed by atoms with Crippen molar-refractivity contribution in [3.05, 3.63) is 78.0 Å². The number of aryl methyl sites for hydroxylation is 1. The molecule has 2 amide bonds. The summed E-state index contributed by atoms with van der Waals surface area (Å²) in [6, 6.07) is 15.8. The van der Waals surface area contributed by atoms with E-state index >= 15 is 0 Å². The average molecular weight is 431 g/mol. The lowest BCUT2D eigenvalue weighted by molar-refractivity contribution is 0.262. The number of anilines is 3. The third-order valence-electron chi connectivity index (χ3n) is 5.29. The quantitative estimate of drug-likeness (QED) is 0.414. The number of nitrogens with zero attached hydrogens (tertiary/aromatic N) is 3. The van der Waals surface area contributed by atoms with Crippen molar-refractivity contribution in [2.75, 3.05) is 22.1 Å². The summed E-state index contributed by atoms with van der Waals surface area (Å²) in [6.07, 6.45) is 4.60. The molecule has 7 nitrogen and oxygen atoms in total. The van der Waals surface area contributed by atoms with Gasteiger partial charge < -0.3 is 15.2 Å². The molecular formula is C23H22N6OS. The Bertz CT molecular complexity index is 1200. The predicted octanol–water partition coefficient (Wildman–Crippen LogP) is 5.05. The maximum absolute atomic E-state index is 12.6. The molecule has 0 atom stereocenters. The number of imidazole rings is 1. The van der Waals surface area contributed by atoms with Gasteiger partial charge in [-0.05, 0) is 31.0 Å². The van der Waals surface area contributed by atoms with Crippen LogP contribution in [-0.4, -0.2) is 27.5 Å². The van der Waals surface area contributed by atoms with Crippen LogP contribution in [0.4, 0.5) is 21.2 Å². The topological polar surface area (TPSA) is 85.9 Å². The SMILES string of the molecule is Cc1nc(-c2ccccc2)sc1NC(=O)Nc1ccc2c(c1)N(Cc1c[nH]cn1)CC2. The van der Waals surface area contributed by atoms with Gasteiger partial charge in [0, 0.05) is 29.7 Å². The predicted molar refractivity (Wildman–Crippen MR) is 125 cm³/mol. The highest BCUT2D eigenvalue weighted by molar-refractivity contribution is 7.19. The number of amides is 2. The molecule has 1 aliphatic heterocycles. The van der Waals surface area contributed by atoms with Crippen LogP contribution in [0.15, 0.2) is 61.1 Å². The van der Waals surface area contributed by atoms with Crippen molar-refractivity contribution >= 4 is 33.7 Å². The number of hydrogen-bond donors (Lipinski definition) is 3. The number of carbonyl (C=O) groups excluding carboxylic acids is 1. The van der Waals surface area contributed by atoms with E-state index in [9.17, 15) is 4.79 Å². The molecule has 2 aromatic heterocycles. The molecule has 31 heavy (non-hydrogen) atoms. The second-order valence-corrected chi connectivity index (χ2v) is 8.45. The van der Waals surface area contributed by atoms with Gasteiger partial charge in [0.1, 0.15) is 10.0 Å². The highest BCUT2D eigenvalue weighted by Gasteiger charge is 2.20. The second-order valence-electron chi connectivity index (χ2n) is 7.45. The van der Waals surface area contributed by atoms with Crippen LogP contribution in [0.2, 0.25) is 0 Å². The zero-order valence-electron chi connectivity index (χ0n) is 17.1. The van der Waals surface area contributed by atoms with Crippen molar-refractivity contribution in [3.63, 3.8) is 0 Å². The molecule has 0 saturated carbocycles. The fraction of sp³-hybridized carbons (Fsp3) is 0.174. The Morgan fingerprint density at radius 2 is 2.06 bits per heavy atom. The number of H-pyrrole nitrogens is 1. The van der Waals surface area contributed by atoms with Gasteiger partial charge in [-0.3, -0.25) is 5.32 Å². The van der Waals surface area contributed by atoms with Crippen LogP contribution >= 0.6 is 11.3 Å². The van der Waals surface area contributed by atoms with E-state index in [4.69, 9.17) is 0 Å². The van der Waals surface area contributed by atoms with Gasteiger partial charge >= 0.3 is 6.03 Å². The van der Waals surface area contributed by atoms with E-state index < -0.39 is 0 Å². The molecule has 156 valence electrons. The van der Waals surface area contributed by atoms with E-state index in [2.05, 4.69) is 36.6 Å². The molecule has 0 spiro atoms. The van der Waals surface area contributed by atoms with Gasteiger partial charge in [0.15, 0.2) is 0 Å². The summed E-state index contributed by atoms with van der Waals surface area (Å²) in [7, 11) is 0. The third kappa shape index (κ3) is 4.15. The minimum atomic E-state index is -0.275. The number of nitrogens with one attached hydrogen (secondary N) is 3.